The number of thiazole rings is 1. The van der Waals surface area contributed by atoms with E-state index in [1.54, 1.807) is 17.5 Å². The molecule has 0 saturated carbocycles. The van der Waals surface area contributed by atoms with Crippen LogP contribution in [0.3, 0.4) is 0 Å². The summed E-state index contributed by atoms with van der Waals surface area (Å²) in [6.07, 6.45) is 6.37. The first-order chi connectivity index (χ1) is 12.3. The predicted molar refractivity (Wildman–Crippen MR) is 101 cm³/mol. The minimum absolute atomic E-state index is 0.198. The van der Waals surface area contributed by atoms with Crippen LogP contribution in [0.15, 0.2) is 29.1 Å². The molecule has 0 atom stereocenters. The van der Waals surface area contributed by atoms with Gasteiger partial charge in [0.1, 0.15) is 6.10 Å². The van der Waals surface area contributed by atoms with Crippen LogP contribution in [0.4, 0.5) is 0 Å². The average molecular weight is 378 g/mol. The van der Waals surface area contributed by atoms with Crippen LogP contribution in [0, 0.1) is 0 Å². The normalized spacial score (nSPS) is 20.7. The van der Waals surface area contributed by atoms with Crippen molar-refractivity contribution >= 4 is 28.6 Å². The molecule has 2 aliphatic heterocycles. The lowest BCUT2D eigenvalue weighted by molar-refractivity contribution is 0.0427. The third-order valence-corrected chi connectivity index (χ3v) is 6.67. The fraction of sp³-hybridized carbons (Fsp3) is 0.556. The molecule has 4 rings (SSSR count). The van der Waals surface area contributed by atoms with E-state index in [1.807, 2.05) is 27.8 Å². The summed E-state index contributed by atoms with van der Waals surface area (Å²) in [6.45, 7) is 3.91. The number of aromatic nitrogens is 1. The number of amides is 1. The van der Waals surface area contributed by atoms with Crippen molar-refractivity contribution < 1.29 is 9.53 Å². The number of ether oxygens (including phenoxy) is 1. The van der Waals surface area contributed by atoms with E-state index in [1.165, 1.54) is 11.3 Å². The van der Waals surface area contributed by atoms with Crippen molar-refractivity contribution in [2.75, 3.05) is 26.2 Å². The van der Waals surface area contributed by atoms with Crippen molar-refractivity contribution in [2.24, 2.45) is 0 Å². The van der Waals surface area contributed by atoms with Gasteiger partial charge in [0.25, 0.3) is 11.1 Å². The third-order valence-electron chi connectivity index (χ3n) is 5.15. The zero-order valence-electron chi connectivity index (χ0n) is 14.2. The Kier molecular flexibility index (Phi) is 5.33. The van der Waals surface area contributed by atoms with Crippen molar-refractivity contribution in [1.82, 2.24) is 14.8 Å². The van der Waals surface area contributed by atoms with E-state index >= 15 is 0 Å². The number of thiophene rings is 1. The second-order valence-corrected chi connectivity index (χ2v) is 8.46. The van der Waals surface area contributed by atoms with E-state index in [0.717, 1.165) is 61.9 Å². The quantitative estimate of drug-likeness (QED) is 0.820. The lowest BCUT2D eigenvalue weighted by Crippen LogP contribution is -2.50. The Labute approximate surface area is 156 Å². The van der Waals surface area contributed by atoms with Gasteiger partial charge in [0.05, 0.1) is 4.88 Å². The van der Waals surface area contributed by atoms with Gasteiger partial charge in [-0.05, 0) is 37.1 Å². The Hall–Kier alpha value is -1.44. The van der Waals surface area contributed by atoms with E-state index in [9.17, 15) is 4.79 Å². The molecule has 0 aromatic carbocycles. The second-order valence-electron chi connectivity index (χ2n) is 6.65. The van der Waals surface area contributed by atoms with Gasteiger partial charge in [-0.3, -0.25) is 9.69 Å². The van der Waals surface area contributed by atoms with Crippen molar-refractivity contribution in [3.8, 4) is 5.19 Å². The Morgan fingerprint density at radius 1 is 1.08 bits per heavy atom. The molecule has 0 N–H and O–H groups in total. The van der Waals surface area contributed by atoms with E-state index < -0.39 is 0 Å². The Balaban J connectivity index is 1.23. The highest BCUT2D eigenvalue weighted by Crippen LogP contribution is 2.25. The summed E-state index contributed by atoms with van der Waals surface area (Å²) in [6, 6.07) is 4.47. The maximum Gasteiger partial charge on any atom is 0.273 e. The summed E-state index contributed by atoms with van der Waals surface area (Å²) in [7, 11) is 0. The largest absolute Gasteiger partial charge is 0.467 e. The molecule has 25 heavy (non-hydrogen) atoms. The van der Waals surface area contributed by atoms with Crippen LogP contribution in [-0.4, -0.2) is 59.0 Å². The molecule has 0 radical (unpaired) electrons. The minimum atomic E-state index is 0.198. The standard InChI is InChI=1S/C18H23N3O2S2/c22-17(16-2-1-12-24-16)21-8-3-14(4-9-21)20-10-5-15(6-11-20)23-18-19-7-13-25-18/h1-2,7,12-15H,3-6,8-11H2. The van der Waals surface area contributed by atoms with Crippen LogP contribution >= 0.6 is 22.7 Å². The van der Waals surface area contributed by atoms with E-state index in [0.29, 0.717) is 12.1 Å². The molecule has 4 heterocycles. The first-order valence-corrected chi connectivity index (χ1v) is 10.7. The zero-order valence-corrected chi connectivity index (χ0v) is 15.8. The molecule has 2 aliphatic rings. The molecule has 1 amide bonds. The predicted octanol–water partition coefficient (Wildman–Crippen LogP) is 3.35. The van der Waals surface area contributed by atoms with Gasteiger partial charge in [0.15, 0.2) is 0 Å². The van der Waals surface area contributed by atoms with Gasteiger partial charge >= 0.3 is 0 Å². The number of carbonyl (C=O) groups excluding carboxylic acids is 1. The molecule has 0 unspecified atom stereocenters. The molecular formula is C18H23N3O2S2. The minimum Gasteiger partial charge on any atom is -0.467 e. The van der Waals surface area contributed by atoms with Gasteiger partial charge in [-0.25, -0.2) is 4.98 Å². The van der Waals surface area contributed by atoms with Crippen LogP contribution in [0.5, 0.6) is 5.19 Å². The number of carbonyl (C=O) groups is 1. The number of nitrogens with zero attached hydrogens (tertiary/aromatic N) is 3. The fourth-order valence-corrected chi connectivity index (χ4v) is 5.00. The Bertz CT molecular complexity index is 659. The molecular weight excluding hydrogens is 354 g/mol. The summed E-state index contributed by atoms with van der Waals surface area (Å²) < 4.78 is 5.95. The first-order valence-electron chi connectivity index (χ1n) is 8.92. The Morgan fingerprint density at radius 2 is 1.88 bits per heavy atom. The number of rotatable bonds is 4. The lowest BCUT2D eigenvalue weighted by Gasteiger charge is -2.41. The highest BCUT2D eigenvalue weighted by molar-refractivity contribution is 7.12. The van der Waals surface area contributed by atoms with Crippen LogP contribution in [0.25, 0.3) is 0 Å². The van der Waals surface area contributed by atoms with Gasteiger partial charge in [-0.1, -0.05) is 17.4 Å². The van der Waals surface area contributed by atoms with Crippen molar-refractivity contribution in [1.29, 1.82) is 0 Å². The number of hydrogen-bond acceptors (Lipinski definition) is 6. The molecule has 2 saturated heterocycles. The second kappa shape index (κ2) is 7.85. The van der Waals surface area contributed by atoms with Crippen molar-refractivity contribution in [3.63, 3.8) is 0 Å². The Morgan fingerprint density at radius 3 is 2.52 bits per heavy atom. The molecule has 2 fully saturated rings. The van der Waals surface area contributed by atoms with Gasteiger partial charge in [0, 0.05) is 43.8 Å². The molecule has 0 aliphatic carbocycles. The molecule has 7 heteroatoms. The van der Waals surface area contributed by atoms with Gasteiger partial charge in [-0.2, -0.15) is 0 Å². The van der Waals surface area contributed by atoms with Crippen LogP contribution < -0.4 is 4.74 Å². The SMILES string of the molecule is O=C(c1cccs1)N1CCC(N2CCC(Oc3nccs3)CC2)CC1. The number of likely N-dealkylation sites (tertiary alicyclic amines) is 2. The molecule has 5 nitrogen and oxygen atoms in total. The topological polar surface area (TPSA) is 45.7 Å². The van der Waals surface area contributed by atoms with Gasteiger partial charge < -0.3 is 9.64 Å². The lowest BCUT2D eigenvalue weighted by atomic mass is 9.99. The molecule has 2 aromatic rings. The highest BCUT2D eigenvalue weighted by atomic mass is 32.1. The molecule has 134 valence electrons. The van der Waals surface area contributed by atoms with Crippen LogP contribution in [0.1, 0.15) is 35.4 Å². The van der Waals surface area contributed by atoms with E-state index in [4.69, 9.17) is 4.74 Å². The zero-order chi connectivity index (χ0) is 17.1. The van der Waals surface area contributed by atoms with Gasteiger partial charge in [-0.15, -0.1) is 11.3 Å². The molecule has 0 spiro atoms. The molecule has 2 aromatic heterocycles. The van der Waals surface area contributed by atoms with E-state index in [2.05, 4.69) is 9.88 Å². The summed E-state index contributed by atoms with van der Waals surface area (Å²) in [5.41, 5.74) is 0. The average Bonchev–Trinajstić information content (AvgIpc) is 3.36. The van der Waals surface area contributed by atoms with Crippen molar-refractivity contribution in [3.05, 3.63) is 34.0 Å². The fourth-order valence-electron chi connectivity index (χ4n) is 3.76. The van der Waals surface area contributed by atoms with E-state index in [-0.39, 0.29) is 5.91 Å². The third kappa shape index (κ3) is 4.04. The van der Waals surface area contributed by atoms with Crippen LogP contribution in [-0.2, 0) is 0 Å². The monoisotopic (exact) mass is 377 g/mol. The van der Waals surface area contributed by atoms with Gasteiger partial charge in [0.2, 0.25) is 0 Å². The maximum atomic E-state index is 12.4. The summed E-state index contributed by atoms with van der Waals surface area (Å²) in [5.74, 6) is 0.198. The summed E-state index contributed by atoms with van der Waals surface area (Å²) >= 11 is 3.10. The van der Waals surface area contributed by atoms with Crippen molar-refractivity contribution in [2.45, 2.75) is 37.8 Å². The smallest absolute Gasteiger partial charge is 0.273 e. The molecule has 0 bridgehead atoms. The number of hydrogen-bond donors (Lipinski definition) is 0. The van der Waals surface area contributed by atoms with Crippen LogP contribution in [0.2, 0.25) is 0 Å². The first kappa shape index (κ1) is 17.0. The maximum absolute atomic E-state index is 12.4. The highest BCUT2D eigenvalue weighted by Gasteiger charge is 2.30. The summed E-state index contributed by atoms with van der Waals surface area (Å²) in [4.78, 5) is 22.1. The number of piperidine rings is 2. The summed E-state index contributed by atoms with van der Waals surface area (Å²) in [5, 5.41) is 4.71.